The van der Waals surface area contributed by atoms with Crippen LogP contribution in [-0.4, -0.2) is 15.9 Å². The minimum Gasteiger partial charge on any atom is -0.324 e. The monoisotopic (exact) mass is 366 g/mol. The van der Waals surface area contributed by atoms with Gasteiger partial charge in [-0.3, -0.25) is 4.79 Å². The van der Waals surface area contributed by atoms with Crippen molar-refractivity contribution in [2.75, 3.05) is 10.6 Å². The summed E-state index contributed by atoms with van der Waals surface area (Å²) < 4.78 is 0. The Bertz CT molecular complexity index is 955. The van der Waals surface area contributed by atoms with Gasteiger partial charge in [0.1, 0.15) is 0 Å². The molecule has 2 aromatic carbocycles. The van der Waals surface area contributed by atoms with E-state index in [1.54, 1.807) is 12.1 Å². The summed E-state index contributed by atoms with van der Waals surface area (Å²) in [6.07, 6.45) is 2.99. The largest absolute Gasteiger partial charge is 0.324 e. The summed E-state index contributed by atoms with van der Waals surface area (Å²) in [6, 6.07) is 11.5. The molecule has 0 aliphatic rings. The fourth-order valence-electron chi connectivity index (χ4n) is 2.42. The maximum atomic E-state index is 12.4. The van der Waals surface area contributed by atoms with E-state index >= 15 is 0 Å². The number of anilines is 3. The summed E-state index contributed by atoms with van der Waals surface area (Å²) >= 11 is 5.98. The number of aromatic nitrogens is 2. The van der Waals surface area contributed by atoms with Crippen molar-refractivity contribution in [2.24, 2.45) is 0 Å². The highest BCUT2D eigenvalue weighted by Crippen LogP contribution is 2.22. The standard InChI is InChI=1S/C20H19ClN4O/c1-12-4-5-13(2)17(8-12)25-20-22-10-15(11-23-20)19(26)24-18-9-16(21)7-6-14(18)3/h4-11H,1-3H3,(H,24,26)(H,22,23,25). The molecule has 0 radical (unpaired) electrons. The number of halogens is 1. The van der Waals surface area contributed by atoms with Crippen LogP contribution in [0.4, 0.5) is 17.3 Å². The van der Waals surface area contributed by atoms with Crippen LogP contribution in [0.3, 0.4) is 0 Å². The smallest absolute Gasteiger partial charge is 0.258 e. The van der Waals surface area contributed by atoms with Crippen LogP contribution in [0.25, 0.3) is 0 Å². The predicted octanol–water partition coefficient (Wildman–Crippen LogP) is 5.05. The van der Waals surface area contributed by atoms with Crippen molar-refractivity contribution < 1.29 is 4.79 Å². The fourth-order valence-corrected chi connectivity index (χ4v) is 2.60. The van der Waals surface area contributed by atoms with Crippen LogP contribution in [0, 0.1) is 20.8 Å². The molecule has 0 fully saturated rings. The van der Waals surface area contributed by atoms with Crippen molar-refractivity contribution in [1.82, 2.24) is 9.97 Å². The topological polar surface area (TPSA) is 66.9 Å². The van der Waals surface area contributed by atoms with Gasteiger partial charge in [-0.1, -0.05) is 29.8 Å². The summed E-state index contributed by atoms with van der Waals surface area (Å²) in [5, 5.41) is 6.57. The molecular formula is C20H19ClN4O. The first-order valence-corrected chi connectivity index (χ1v) is 8.54. The van der Waals surface area contributed by atoms with E-state index in [-0.39, 0.29) is 5.91 Å². The first kappa shape index (κ1) is 17.9. The second-order valence-electron chi connectivity index (χ2n) is 6.15. The molecule has 1 heterocycles. The molecule has 1 aromatic heterocycles. The fraction of sp³-hybridized carbons (Fsp3) is 0.150. The van der Waals surface area contributed by atoms with E-state index in [4.69, 9.17) is 11.6 Å². The number of hydrogen-bond donors (Lipinski definition) is 2. The van der Waals surface area contributed by atoms with Crippen LogP contribution in [-0.2, 0) is 0 Å². The SMILES string of the molecule is Cc1ccc(C)c(Nc2ncc(C(=O)Nc3cc(Cl)ccc3C)cn2)c1. The molecule has 0 spiro atoms. The number of aryl methyl sites for hydroxylation is 3. The number of hydrogen-bond acceptors (Lipinski definition) is 4. The maximum absolute atomic E-state index is 12.4. The summed E-state index contributed by atoms with van der Waals surface area (Å²) in [7, 11) is 0. The van der Waals surface area contributed by atoms with Gasteiger partial charge in [0.2, 0.25) is 5.95 Å². The molecule has 0 saturated heterocycles. The number of carbonyl (C=O) groups excluding carboxylic acids is 1. The highest BCUT2D eigenvalue weighted by Gasteiger charge is 2.10. The Balaban J connectivity index is 1.73. The third kappa shape index (κ3) is 4.18. The molecule has 26 heavy (non-hydrogen) atoms. The van der Waals surface area contributed by atoms with Gasteiger partial charge in [-0.2, -0.15) is 0 Å². The Hall–Kier alpha value is -2.92. The molecule has 0 saturated carbocycles. The quantitative estimate of drug-likeness (QED) is 0.678. The van der Waals surface area contributed by atoms with Gasteiger partial charge in [0, 0.05) is 28.8 Å². The first-order valence-electron chi connectivity index (χ1n) is 8.16. The number of rotatable bonds is 4. The van der Waals surface area contributed by atoms with E-state index in [9.17, 15) is 4.79 Å². The van der Waals surface area contributed by atoms with Crippen LogP contribution >= 0.6 is 11.6 Å². The minimum absolute atomic E-state index is 0.284. The molecule has 6 heteroatoms. The van der Waals surface area contributed by atoms with E-state index in [0.717, 1.165) is 22.4 Å². The normalized spacial score (nSPS) is 10.5. The van der Waals surface area contributed by atoms with Crippen LogP contribution in [0.2, 0.25) is 5.02 Å². The molecule has 3 rings (SSSR count). The van der Waals surface area contributed by atoms with Crippen molar-refractivity contribution in [3.63, 3.8) is 0 Å². The molecule has 0 aliphatic carbocycles. The molecule has 0 aliphatic heterocycles. The van der Waals surface area contributed by atoms with E-state index in [2.05, 4.69) is 20.6 Å². The lowest BCUT2D eigenvalue weighted by Crippen LogP contribution is -2.14. The molecule has 5 nitrogen and oxygen atoms in total. The highest BCUT2D eigenvalue weighted by molar-refractivity contribution is 6.31. The zero-order chi connectivity index (χ0) is 18.7. The Morgan fingerprint density at radius 2 is 1.58 bits per heavy atom. The lowest BCUT2D eigenvalue weighted by Gasteiger charge is -2.10. The van der Waals surface area contributed by atoms with Gasteiger partial charge in [-0.15, -0.1) is 0 Å². The van der Waals surface area contributed by atoms with Gasteiger partial charge < -0.3 is 10.6 Å². The van der Waals surface area contributed by atoms with Crippen LogP contribution in [0.5, 0.6) is 0 Å². The number of nitrogens with one attached hydrogen (secondary N) is 2. The van der Waals surface area contributed by atoms with Crippen molar-refractivity contribution in [2.45, 2.75) is 20.8 Å². The predicted molar refractivity (Wildman–Crippen MR) is 105 cm³/mol. The van der Waals surface area contributed by atoms with Gasteiger partial charge in [-0.05, 0) is 55.7 Å². The molecule has 2 N–H and O–H groups in total. The van der Waals surface area contributed by atoms with E-state index in [0.29, 0.717) is 22.2 Å². The molecule has 0 unspecified atom stereocenters. The van der Waals surface area contributed by atoms with Gasteiger partial charge in [0.15, 0.2) is 0 Å². The molecule has 132 valence electrons. The number of nitrogens with zero attached hydrogens (tertiary/aromatic N) is 2. The Morgan fingerprint density at radius 3 is 2.31 bits per heavy atom. The number of benzene rings is 2. The minimum atomic E-state index is -0.284. The molecule has 0 bridgehead atoms. The second kappa shape index (κ2) is 7.54. The van der Waals surface area contributed by atoms with Crippen molar-refractivity contribution >= 4 is 34.8 Å². The van der Waals surface area contributed by atoms with Crippen molar-refractivity contribution in [1.29, 1.82) is 0 Å². The maximum Gasteiger partial charge on any atom is 0.258 e. The van der Waals surface area contributed by atoms with Crippen molar-refractivity contribution in [3.8, 4) is 0 Å². The molecule has 1 amide bonds. The van der Waals surface area contributed by atoms with Gasteiger partial charge >= 0.3 is 0 Å². The zero-order valence-corrected chi connectivity index (χ0v) is 15.6. The first-order chi connectivity index (χ1) is 12.4. The van der Waals surface area contributed by atoms with Gasteiger partial charge in [0.25, 0.3) is 5.91 Å². The Kier molecular flexibility index (Phi) is 5.19. The van der Waals surface area contributed by atoms with Gasteiger partial charge in [-0.25, -0.2) is 9.97 Å². The third-order valence-corrected chi connectivity index (χ3v) is 4.24. The van der Waals surface area contributed by atoms with Gasteiger partial charge in [0.05, 0.1) is 5.56 Å². The van der Waals surface area contributed by atoms with E-state index in [1.807, 2.05) is 45.0 Å². The van der Waals surface area contributed by atoms with Crippen LogP contribution in [0.1, 0.15) is 27.0 Å². The summed E-state index contributed by atoms with van der Waals surface area (Å²) in [4.78, 5) is 20.9. The number of carbonyl (C=O) groups is 1. The third-order valence-electron chi connectivity index (χ3n) is 4.00. The van der Waals surface area contributed by atoms with Crippen molar-refractivity contribution in [3.05, 3.63) is 76.1 Å². The highest BCUT2D eigenvalue weighted by atomic mass is 35.5. The summed E-state index contributed by atoms with van der Waals surface area (Å²) in [5.41, 5.74) is 5.15. The lowest BCUT2D eigenvalue weighted by atomic mass is 10.1. The van der Waals surface area contributed by atoms with E-state index in [1.165, 1.54) is 12.4 Å². The summed E-state index contributed by atoms with van der Waals surface area (Å²) in [5.74, 6) is 0.155. The average molecular weight is 367 g/mol. The molecular weight excluding hydrogens is 348 g/mol. The second-order valence-corrected chi connectivity index (χ2v) is 6.59. The zero-order valence-electron chi connectivity index (χ0n) is 14.8. The molecule has 3 aromatic rings. The van der Waals surface area contributed by atoms with E-state index < -0.39 is 0 Å². The average Bonchev–Trinajstić information content (AvgIpc) is 2.62. The summed E-state index contributed by atoms with van der Waals surface area (Å²) in [6.45, 7) is 5.94. The molecule has 0 atom stereocenters. The van der Waals surface area contributed by atoms with Crippen LogP contribution in [0.15, 0.2) is 48.8 Å². The Morgan fingerprint density at radius 1 is 0.923 bits per heavy atom. The van der Waals surface area contributed by atoms with Crippen LogP contribution < -0.4 is 10.6 Å². The number of amides is 1. The Labute approximate surface area is 157 Å². The lowest BCUT2D eigenvalue weighted by molar-refractivity contribution is 0.102.